The molecule has 0 aromatic heterocycles. The average Bonchev–Trinajstić information content (AvgIpc) is 2.45. The van der Waals surface area contributed by atoms with Gasteiger partial charge in [-0.3, -0.25) is 9.69 Å². The maximum Gasteiger partial charge on any atom is 0.326 e. The molecule has 0 aromatic rings. The van der Waals surface area contributed by atoms with Crippen LogP contribution >= 0.6 is 0 Å². The van der Waals surface area contributed by atoms with Gasteiger partial charge in [0.25, 0.3) is 0 Å². The Hall–Kier alpha value is -1.14. The molecular formula is C9H16N2O4. The van der Waals surface area contributed by atoms with Crippen LogP contribution in [0.25, 0.3) is 0 Å². The van der Waals surface area contributed by atoms with Gasteiger partial charge in [0.2, 0.25) is 5.91 Å². The van der Waals surface area contributed by atoms with Gasteiger partial charge >= 0.3 is 6.03 Å². The largest absolute Gasteiger partial charge is 0.356 e. The second-order valence-electron chi connectivity index (χ2n) is 3.37. The normalized spacial score (nSPS) is 17.1. The number of likely N-dealkylation sites (N-methyl/N-ethyl adjacent to an activating group) is 1. The van der Waals surface area contributed by atoms with Gasteiger partial charge in [-0.25, -0.2) is 4.79 Å². The molecule has 1 aliphatic rings. The van der Waals surface area contributed by atoms with E-state index in [1.807, 2.05) is 0 Å². The fourth-order valence-corrected chi connectivity index (χ4v) is 1.46. The van der Waals surface area contributed by atoms with Crippen molar-refractivity contribution in [2.24, 2.45) is 0 Å². The summed E-state index contributed by atoms with van der Waals surface area (Å²) in [6.07, 6.45) is 0.106. The fraction of sp³-hybridized carbons (Fsp3) is 0.778. The molecule has 0 aliphatic carbocycles. The van der Waals surface area contributed by atoms with Gasteiger partial charge in [0.05, 0.1) is 0 Å². The predicted octanol–water partition coefficient (Wildman–Crippen LogP) is -0.111. The van der Waals surface area contributed by atoms with E-state index in [0.717, 1.165) is 0 Å². The van der Waals surface area contributed by atoms with Gasteiger partial charge in [0.15, 0.2) is 6.29 Å². The summed E-state index contributed by atoms with van der Waals surface area (Å²) in [5, 5.41) is 0. The number of urea groups is 1. The van der Waals surface area contributed by atoms with Gasteiger partial charge in [-0.15, -0.1) is 0 Å². The molecule has 6 heteroatoms. The minimum Gasteiger partial charge on any atom is -0.356 e. The van der Waals surface area contributed by atoms with Crippen LogP contribution in [0, 0.1) is 0 Å². The number of rotatable bonds is 5. The van der Waals surface area contributed by atoms with Gasteiger partial charge in [-0.1, -0.05) is 0 Å². The van der Waals surface area contributed by atoms with Gasteiger partial charge in [0.1, 0.15) is 6.54 Å². The lowest BCUT2D eigenvalue weighted by molar-refractivity contribution is -0.128. The molecule has 1 rings (SSSR count). The van der Waals surface area contributed by atoms with E-state index in [1.54, 1.807) is 7.05 Å². The van der Waals surface area contributed by atoms with Crippen molar-refractivity contribution in [3.05, 3.63) is 0 Å². The number of imide groups is 1. The van der Waals surface area contributed by atoms with Crippen molar-refractivity contribution >= 4 is 11.9 Å². The number of hydrogen-bond donors (Lipinski definition) is 0. The number of nitrogens with zero attached hydrogens (tertiary/aromatic N) is 2. The van der Waals surface area contributed by atoms with E-state index in [1.165, 1.54) is 24.0 Å². The molecule has 1 aliphatic heterocycles. The van der Waals surface area contributed by atoms with E-state index in [9.17, 15) is 9.59 Å². The molecule has 0 saturated carbocycles. The highest BCUT2D eigenvalue weighted by atomic mass is 16.7. The third kappa shape index (κ3) is 2.66. The third-order valence-electron chi connectivity index (χ3n) is 2.35. The standard InChI is InChI=1S/C9H16N2O4/c1-10-6-7(12)11(9(10)13)5-4-8(14-2)15-3/h8H,4-6H2,1-3H3. The first-order valence-corrected chi connectivity index (χ1v) is 4.71. The molecule has 1 heterocycles. The zero-order valence-corrected chi connectivity index (χ0v) is 9.23. The summed E-state index contributed by atoms with van der Waals surface area (Å²) in [6.45, 7) is 0.484. The highest BCUT2D eigenvalue weighted by Gasteiger charge is 2.33. The second-order valence-corrected chi connectivity index (χ2v) is 3.37. The zero-order valence-electron chi connectivity index (χ0n) is 9.23. The summed E-state index contributed by atoms with van der Waals surface area (Å²) < 4.78 is 9.94. The van der Waals surface area contributed by atoms with E-state index in [2.05, 4.69) is 0 Å². The number of amides is 3. The molecule has 1 saturated heterocycles. The summed E-state index contributed by atoms with van der Waals surface area (Å²) in [6, 6.07) is -0.258. The Morgan fingerprint density at radius 2 is 1.93 bits per heavy atom. The molecule has 0 unspecified atom stereocenters. The van der Waals surface area contributed by atoms with Crippen molar-refractivity contribution in [2.45, 2.75) is 12.7 Å². The van der Waals surface area contributed by atoms with Crippen molar-refractivity contribution in [3.63, 3.8) is 0 Å². The van der Waals surface area contributed by atoms with Crippen LogP contribution in [-0.2, 0) is 14.3 Å². The Labute approximate surface area is 88.7 Å². The van der Waals surface area contributed by atoms with Crippen molar-refractivity contribution in [1.29, 1.82) is 0 Å². The van der Waals surface area contributed by atoms with Gasteiger partial charge in [-0.05, 0) is 0 Å². The van der Waals surface area contributed by atoms with Crippen LogP contribution in [-0.4, -0.2) is 62.4 Å². The van der Waals surface area contributed by atoms with Crippen LogP contribution < -0.4 is 0 Å². The third-order valence-corrected chi connectivity index (χ3v) is 2.35. The first-order chi connectivity index (χ1) is 7.10. The minimum atomic E-state index is -0.378. The summed E-state index contributed by atoms with van der Waals surface area (Å²) in [7, 11) is 4.65. The summed E-state index contributed by atoms with van der Waals surface area (Å²) in [4.78, 5) is 25.4. The molecule has 0 radical (unpaired) electrons. The Kier molecular flexibility index (Phi) is 4.05. The Morgan fingerprint density at radius 1 is 1.33 bits per heavy atom. The minimum absolute atomic E-state index is 0.156. The molecule has 1 fully saturated rings. The highest BCUT2D eigenvalue weighted by molar-refractivity contribution is 6.01. The molecule has 0 spiro atoms. The second kappa shape index (κ2) is 5.09. The van der Waals surface area contributed by atoms with Crippen molar-refractivity contribution in [1.82, 2.24) is 9.80 Å². The van der Waals surface area contributed by atoms with Crippen LogP contribution in [0.2, 0.25) is 0 Å². The van der Waals surface area contributed by atoms with Gasteiger partial charge < -0.3 is 14.4 Å². The zero-order chi connectivity index (χ0) is 11.4. The fourth-order valence-electron chi connectivity index (χ4n) is 1.46. The van der Waals surface area contributed by atoms with E-state index < -0.39 is 0 Å². The smallest absolute Gasteiger partial charge is 0.326 e. The maximum atomic E-state index is 11.5. The maximum absolute atomic E-state index is 11.5. The Bertz CT molecular complexity index is 252. The number of ether oxygens (including phenoxy) is 2. The molecule has 0 bridgehead atoms. The molecular weight excluding hydrogens is 200 g/mol. The Morgan fingerprint density at radius 3 is 2.33 bits per heavy atom. The number of carbonyl (C=O) groups is 2. The van der Waals surface area contributed by atoms with Crippen LogP contribution in [0.4, 0.5) is 4.79 Å². The van der Waals surface area contributed by atoms with Gasteiger partial charge in [-0.2, -0.15) is 0 Å². The summed E-state index contributed by atoms with van der Waals surface area (Å²) in [5.74, 6) is -0.173. The molecule has 15 heavy (non-hydrogen) atoms. The van der Waals surface area contributed by atoms with E-state index in [4.69, 9.17) is 9.47 Å². The van der Waals surface area contributed by atoms with Crippen LogP contribution in [0.15, 0.2) is 0 Å². The summed E-state index contributed by atoms with van der Waals surface area (Å²) >= 11 is 0. The molecule has 6 nitrogen and oxygen atoms in total. The van der Waals surface area contributed by atoms with Crippen molar-refractivity contribution < 1.29 is 19.1 Å². The topological polar surface area (TPSA) is 59.1 Å². The average molecular weight is 216 g/mol. The molecule has 0 aromatic carbocycles. The van der Waals surface area contributed by atoms with E-state index in [-0.39, 0.29) is 24.8 Å². The van der Waals surface area contributed by atoms with Gasteiger partial charge in [0, 0.05) is 34.2 Å². The lowest BCUT2D eigenvalue weighted by atomic mass is 10.4. The van der Waals surface area contributed by atoms with E-state index in [0.29, 0.717) is 13.0 Å². The number of hydrogen-bond acceptors (Lipinski definition) is 4. The first kappa shape index (κ1) is 11.9. The lowest BCUT2D eigenvalue weighted by Gasteiger charge is -2.17. The van der Waals surface area contributed by atoms with Crippen LogP contribution in [0.3, 0.4) is 0 Å². The first-order valence-electron chi connectivity index (χ1n) is 4.71. The SMILES string of the molecule is COC(CCN1C(=O)CN(C)C1=O)OC. The predicted molar refractivity (Wildman–Crippen MR) is 52.2 cm³/mol. The molecule has 0 atom stereocenters. The van der Waals surface area contributed by atoms with Crippen LogP contribution in [0.5, 0.6) is 0 Å². The molecule has 3 amide bonds. The molecule has 86 valence electrons. The quantitative estimate of drug-likeness (QED) is 0.475. The van der Waals surface area contributed by atoms with Crippen LogP contribution in [0.1, 0.15) is 6.42 Å². The summed E-state index contributed by atoms with van der Waals surface area (Å²) in [5.41, 5.74) is 0. The number of methoxy groups -OCH3 is 2. The van der Waals surface area contributed by atoms with Crippen molar-refractivity contribution in [3.8, 4) is 0 Å². The Balaban J connectivity index is 2.44. The molecule has 0 N–H and O–H groups in total. The number of carbonyl (C=O) groups excluding carboxylic acids is 2. The highest BCUT2D eigenvalue weighted by Crippen LogP contribution is 2.10. The van der Waals surface area contributed by atoms with E-state index >= 15 is 0 Å². The monoisotopic (exact) mass is 216 g/mol. The van der Waals surface area contributed by atoms with Crippen molar-refractivity contribution in [2.75, 3.05) is 34.4 Å². The lowest BCUT2D eigenvalue weighted by Crippen LogP contribution is -2.34.